The summed E-state index contributed by atoms with van der Waals surface area (Å²) in [5.74, 6) is -1.49. The molecule has 5 heteroatoms. The molecule has 2 unspecified atom stereocenters. The highest BCUT2D eigenvalue weighted by atomic mass is 16.5. The fraction of sp³-hybridized carbons (Fsp3) is 0.833. The molecule has 1 aliphatic carbocycles. The molecule has 1 amide bonds. The molecule has 0 spiro atoms. The van der Waals surface area contributed by atoms with Gasteiger partial charge in [0.05, 0.1) is 11.3 Å². The molecule has 0 saturated heterocycles. The molecule has 0 aliphatic heterocycles. The zero-order valence-electron chi connectivity index (χ0n) is 10.7. The minimum absolute atomic E-state index is 0.0323. The average Bonchev–Trinajstić information content (AvgIpc) is 3.06. The molecule has 0 aromatic carbocycles. The van der Waals surface area contributed by atoms with Crippen molar-refractivity contribution in [2.24, 2.45) is 11.3 Å². The Bertz CT molecular complexity index is 299. The van der Waals surface area contributed by atoms with Crippen LogP contribution >= 0.6 is 0 Å². The van der Waals surface area contributed by atoms with E-state index in [9.17, 15) is 9.59 Å². The first kappa shape index (κ1) is 14.0. The zero-order chi connectivity index (χ0) is 13.1. The van der Waals surface area contributed by atoms with Crippen LogP contribution in [0.5, 0.6) is 0 Å². The Morgan fingerprint density at radius 3 is 2.41 bits per heavy atom. The van der Waals surface area contributed by atoms with Crippen LogP contribution in [-0.4, -0.2) is 36.7 Å². The number of nitrogens with one attached hydrogen (secondary N) is 1. The van der Waals surface area contributed by atoms with E-state index >= 15 is 0 Å². The monoisotopic (exact) mass is 243 g/mol. The van der Waals surface area contributed by atoms with Crippen LogP contribution in [0.15, 0.2) is 0 Å². The van der Waals surface area contributed by atoms with Gasteiger partial charge in [-0.3, -0.25) is 9.59 Å². The lowest BCUT2D eigenvalue weighted by Gasteiger charge is -2.21. The van der Waals surface area contributed by atoms with Crippen molar-refractivity contribution in [3.05, 3.63) is 0 Å². The Labute approximate surface area is 102 Å². The van der Waals surface area contributed by atoms with Crippen LogP contribution < -0.4 is 5.32 Å². The first-order valence-electron chi connectivity index (χ1n) is 5.95. The number of hydrogen-bond donors (Lipinski definition) is 2. The molecule has 0 radical (unpaired) electrons. The lowest BCUT2D eigenvalue weighted by Crippen LogP contribution is -2.43. The maximum atomic E-state index is 12.0. The molecular weight excluding hydrogens is 222 g/mol. The first-order chi connectivity index (χ1) is 7.93. The van der Waals surface area contributed by atoms with Crippen LogP contribution in [-0.2, 0) is 14.3 Å². The van der Waals surface area contributed by atoms with Crippen molar-refractivity contribution in [3.63, 3.8) is 0 Å². The molecule has 5 nitrogen and oxygen atoms in total. The Hall–Kier alpha value is -1.10. The van der Waals surface area contributed by atoms with Crippen molar-refractivity contribution in [1.82, 2.24) is 5.32 Å². The number of carbonyl (C=O) groups is 2. The molecule has 2 N–H and O–H groups in total. The van der Waals surface area contributed by atoms with E-state index in [0.717, 1.165) is 12.8 Å². The standard InChI is InChI=1S/C12H21NO4/c1-8(10(14)15)9(2)13-11(16)12(4-5-12)6-7-17-3/h8-9H,4-7H2,1-3H3,(H,13,16)(H,14,15). The molecule has 1 fully saturated rings. The van der Waals surface area contributed by atoms with Crippen LogP contribution in [0.3, 0.4) is 0 Å². The third-order valence-corrected chi connectivity index (χ3v) is 3.62. The largest absolute Gasteiger partial charge is 0.481 e. The number of amides is 1. The van der Waals surface area contributed by atoms with Gasteiger partial charge in [0, 0.05) is 19.8 Å². The summed E-state index contributed by atoms with van der Waals surface area (Å²) in [6, 6.07) is -0.347. The predicted octanol–water partition coefficient (Wildman–Crippen LogP) is 1.03. The summed E-state index contributed by atoms with van der Waals surface area (Å²) < 4.78 is 4.98. The lowest BCUT2D eigenvalue weighted by molar-refractivity contribution is -0.142. The first-order valence-corrected chi connectivity index (χ1v) is 5.95. The highest BCUT2D eigenvalue weighted by molar-refractivity contribution is 5.86. The fourth-order valence-electron chi connectivity index (χ4n) is 1.74. The fourth-order valence-corrected chi connectivity index (χ4v) is 1.74. The Morgan fingerprint density at radius 1 is 1.41 bits per heavy atom. The van der Waals surface area contributed by atoms with Gasteiger partial charge in [0.2, 0.25) is 5.91 Å². The van der Waals surface area contributed by atoms with Crippen molar-refractivity contribution in [2.45, 2.75) is 39.2 Å². The third kappa shape index (κ3) is 3.43. The van der Waals surface area contributed by atoms with Gasteiger partial charge in [0.15, 0.2) is 0 Å². The van der Waals surface area contributed by atoms with E-state index in [4.69, 9.17) is 9.84 Å². The molecule has 1 aliphatic rings. The second-order valence-electron chi connectivity index (χ2n) is 4.91. The van der Waals surface area contributed by atoms with Gasteiger partial charge in [-0.1, -0.05) is 0 Å². The van der Waals surface area contributed by atoms with Crippen molar-refractivity contribution in [1.29, 1.82) is 0 Å². The van der Waals surface area contributed by atoms with Crippen molar-refractivity contribution >= 4 is 11.9 Å². The molecule has 1 rings (SSSR count). The summed E-state index contributed by atoms with van der Waals surface area (Å²) >= 11 is 0. The van der Waals surface area contributed by atoms with Gasteiger partial charge >= 0.3 is 5.97 Å². The number of carboxylic acids is 1. The van der Waals surface area contributed by atoms with Gasteiger partial charge in [0.25, 0.3) is 0 Å². The van der Waals surface area contributed by atoms with E-state index in [0.29, 0.717) is 13.0 Å². The maximum Gasteiger partial charge on any atom is 0.308 e. The van der Waals surface area contributed by atoms with E-state index in [1.54, 1.807) is 21.0 Å². The van der Waals surface area contributed by atoms with Crippen LogP contribution in [0.1, 0.15) is 33.1 Å². The van der Waals surface area contributed by atoms with Gasteiger partial charge in [-0.2, -0.15) is 0 Å². The summed E-state index contributed by atoms with van der Waals surface area (Å²) in [4.78, 5) is 22.8. The zero-order valence-corrected chi connectivity index (χ0v) is 10.7. The Balaban J connectivity index is 2.46. The second kappa shape index (κ2) is 5.49. The summed E-state index contributed by atoms with van der Waals surface area (Å²) in [5, 5.41) is 11.7. The molecule has 2 atom stereocenters. The molecular formula is C12H21NO4. The van der Waals surface area contributed by atoms with Gasteiger partial charge < -0.3 is 15.2 Å². The number of aliphatic carboxylic acids is 1. The van der Waals surface area contributed by atoms with Crippen LogP contribution in [0.2, 0.25) is 0 Å². The smallest absolute Gasteiger partial charge is 0.308 e. The van der Waals surface area contributed by atoms with Crippen molar-refractivity contribution in [3.8, 4) is 0 Å². The van der Waals surface area contributed by atoms with Crippen molar-refractivity contribution in [2.75, 3.05) is 13.7 Å². The van der Waals surface area contributed by atoms with E-state index in [1.165, 1.54) is 0 Å². The molecule has 0 heterocycles. The lowest BCUT2D eigenvalue weighted by atomic mass is 9.99. The molecule has 98 valence electrons. The van der Waals surface area contributed by atoms with Gasteiger partial charge in [-0.05, 0) is 33.1 Å². The summed E-state index contributed by atoms with van der Waals surface area (Å²) in [5.41, 5.74) is -0.303. The number of ether oxygens (including phenoxy) is 1. The quantitative estimate of drug-likeness (QED) is 0.700. The van der Waals surface area contributed by atoms with E-state index in [2.05, 4.69) is 5.32 Å². The third-order valence-electron chi connectivity index (χ3n) is 3.62. The van der Waals surface area contributed by atoms with E-state index in [1.807, 2.05) is 0 Å². The van der Waals surface area contributed by atoms with Crippen molar-refractivity contribution < 1.29 is 19.4 Å². The number of rotatable bonds is 7. The summed E-state index contributed by atoms with van der Waals surface area (Å²) in [7, 11) is 1.61. The van der Waals surface area contributed by atoms with E-state index < -0.39 is 11.9 Å². The normalized spacial score (nSPS) is 20.4. The molecule has 0 aromatic heterocycles. The topological polar surface area (TPSA) is 75.6 Å². The number of carbonyl (C=O) groups excluding carboxylic acids is 1. The number of carboxylic acid groups (broad SMARTS) is 1. The minimum Gasteiger partial charge on any atom is -0.481 e. The number of methoxy groups -OCH3 is 1. The maximum absolute atomic E-state index is 12.0. The predicted molar refractivity (Wildman–Crippen MR) is 62.6 cm³/mol. The van der Waals surface area contributed by atoms with Gasteiger partial charge in [-0.25, -0.2) is 0 Å². The second-order valence-corrected chi connectivity index (χ2v) is 4.91. The van der Waals surface area contributed by atoms with Crippen LogP contribution in [0, 0.1) is 11.3 Å². The van der Waals surface area contributed by atoms with E-state index in [-0.39, 0.29) is 17.4 Å². The number of hydrogen-bond acceptors (Lipinski definition) is 3. The van der Waals surface area contributed by atoms with Gasteiger partial charge in [0.1, 0.15) is 0 Å². The molecule has 17 heavy (non-hydrogen) atoms. The average molecular weight is 243 g/mol. The van der Waals surface area contributed by atoms with Crippen LogP contribution in [0.4, 0.5) is 0 Å². The summed E-state index contributed by atoms with van der Waals surface area (Å²) in [6.07, 6.45) is 2.45. The Morgan fingerprint density at radius 2 is 2.00 bits per heavy atom. The summed E-state index contributed by atoms with van der Waals surface area (Å²) in [6.45, 7) is 3.89. The highest BCUT2D eigenvalue weighted by Crippen LogP contribution is 2.49. The Kier molecular flexibility index (Phi) is 4.51. The SMILES string of the molecule is COCCC1(C(=O)NC(C)C(C)C(=O)O)CC1. The van der Waals surface area contributed by atoms with Gasteiger partial charge in [-0.15, -0.1) is 0 Å². The highest BCUT2D eigenvalue weighted by Gasteiger charge is 2.49. The molecule has 0 bridgehead atoms. The molecule has 0 aromatic rings. The molecule has 1 saturated carbocycles. The van der Waals surface area contributed by atoms with Crippen LogP contribution in [0.25, 0.3) is 0 Å². The minimum atomic E-state index is -0.889.